The van der Waals surface area contributed by atoms with Gasteiger partial charge in [-0.25, -0.2) is 0 Å². The molecule has 1 heterocycles. The molecule has 1 aromatic rings. The molecule has 1 rings (SSSR count). The van der Waals surface area contributed by atoms with Crippen molar-refractivity contribution in [2.45, 2.75) is 19.4 Å². The van der Waals surface area contributed by atoms with Crippen LogP contribution in [0.2, 0.25) is 0 Å². The van der Waals surface area contributed by atoms with E-state index in [0.29, 0.717) is 6.54 Å². The Labute approximate surface area is 118 Å². The molecule has 1 atom stereocenters. The van der Waals surface area contributed by atoms with Crippen molar-refractivity contribution in [1.82, 2.24) is 9.80 Å². The number of nitrogens with two attached hydrogens (primary N) is 1. The van der Waals surface area contributed by atoms with Crippen LogP contribution in [0.25, 0.3) is 0 Å². The van der Waals surface area contributed by atoms with E-state index < -0.39 is 6.04 Å². The van der Waals surface area contributed by atoms with Crippen LogP contribution in [0.1, 0.15) is 24.3 Å². The van der Waals surface area contributed by atoms with Crippen molar-refractivity contribution >= 4 is 23.2 Å². The monoisotopic (exact) mass is 283 g/mol. The van der Waals surface area contributed by atoms with E-state index in [-0.39, 0.29) is 18.4 Å². The molecule has 1 unspecified atom stereocenters. The van der Waals surface area contributed by atoms with Gasteiger partial charge in [0.1, 0.15) is 6.04 Å². The average Bonchev–Trinajstić information content (AvgIpc) is 2.90. The predicted molar refractivity (Wildman–Crippen MR) is 76.8 cm³/mol. The van der Waals surface area contributed by atoms with E-state index >= 15 is 0 Å². The highest BCUT2D eigenvalue weighted by Gasteiger charge is 2.24. The van der Waals surface area contributed by atoms with Crippen molar-refractivity contribution in [3.05, 3.63) is 22.4 Å². The fraction of sp³-hybridized carbons (Fsp3) is 0.538. The van der Waals surface area contributed by atoms with Gasteiger partial charge in [0.25, 0.3) is 0 Å². The number of rotatable bonds is 6. The zero-order valence-electron chi connectivity index (χ0n) is 11.6. The maximum absolute atomic E-state index is 12.3. The fourth-order valence-corrected chi connectivity index (χ4v) is 2.35. The lowest BCUT2D eigenvalue weighted by Crippen LogP contribution is -2.44. The Bertz CT molecular complexity index is 418. The summed E-state index contributed by atoms with van der Waals surface area (Å²) < 4.78 is 0. The number of carbonyl (C=O) groups excluding carboxylic acids is 2. The molecule has 5 nitrogen and oxygen atoms in total. The molecule has 0 bridgehead atoms. The summed E-state index contributed by atoms with van der Waals surface area (Å²) in [5, 5.41) is 1.89. The summed E-state index contributed by atoms with van der Waals surface area (Å²) in [6.07, 6.45) is 0.795. The Balaban J connectivity index is 2.75. The topological polar surface area (TPSA) is 66.6 Å². The molecular formula is C13H21N3O2S. The highest BCUT2D eigenvalue weighted by molar-refractivity contribution is 7.10. The molecule has 0 spiro atoms. The first kappa shape index (κ1) is 15.7. The van der Waals surface area contributed by atoms with Gasteiger partial charge in [0.05, 0.1) is 6.54 Å². The lowest BCUT2D eigenvalue weighted by Gasteiger charge is -2.25. The van der Waals surface area contributed by atoms with Crippen LogP contribution in [0.5, 0.6) is 0 Å². The minimum atomic E-state index is -0.679. The van der Waals surface area contributed by atoms with Crippen molar-refractivity contribution < 1.29 is 9.59 Å². The van der Waals surface area contributed by atoms with Crippen molar-refractivity contribution in [3.63, 3.8) is 0 Å². The predicted octanol–water partition coefficient (Wildman–Crippen LogP) is 1.07. The van der Waals surface area contributed by atoms with Gasteiger partial charge in [-0.05, 0) is 17.9 Å². The number of carbonyl (C=O) groups is 2. The first-order chi connectivity index (χ1) is 8.97. The van der Waals surface area contributed by atoms with Crippen LogP contribution in [0, 0.1) is 0 Å². The standard InChI is InChI=1S/C13H21N3O2S/c1-4-7-16(9-11(17)15(2)3)13(18)12(14)10-6-5-8-19-10/h5-6,8,12H,4,7,9,14H2,1-3H3. The minimum absolute atomic E-state index is 0.0821. The van der Waals surface area contributed by atoms with Gasteiger partial charge in [-0.1, -0.05) is 13.0 Å². The first-order valence-corrected chi connectivity index (χ1v) is 7.13. The maximum atomic E-state index is 12.3. The van der Waals surface area contributed by atoms with Crippen molar-refractivity contribution in [1.29, 1.82) is 0 Å². The van der Waals surface area contributed by atoms with Gasteiger partial charge in [-0.3, -0.25) is 9.59 Å². The molecule has 0 fully saturated rings. The zero-order chi connectivity index (χ0) is 14.4. The molecule has 0 radical (unpaired) electrons. The molecule has 0 aliphatic carbocycles. The molecule has 2 N–H and O–H groups in total. The molecule has 6 heteroatoms. The Kier molecular flexibility index (Phi) is 5.98. The van der Waals surface area contributed by atoms with Crippen LogP contribution in [-0.2, 0) is 9.59 Å². The third-order valence-electron chi connectivity index (χ3n) is 2.75. The second-order valence-electron chi connectivity index (χ2n) is 4.54. The third kappa shape index (κ3) is 4.33. The number of hydrogen-bond acceptors (Lipinski definition) is 4. The van der Waals surface area contributed by atoms with Crippen LogP contribution in [0.15, 0.2) is 17.5 Å². The zero-order valence-corrected chi connectivity index (χ0v) is 12.4. The smallest absolute Gasteiger partial charge is 0.245 e. The van der Waals surface area contributed by atoms with Gasteiger partial charge in [-0.15, -0.1) is 11.3 Å². The molecule has 0 saturated heterocycles. The lowest BCUT2D eigenvalue weighted by molar-refractivity contribution is -0.140. The fourth-order valence-electron chi connectivity index (χ4n) is 1.63. The molecule has 0 aliphatic heterocycles. The van der Waals surface area contributed by atoms with Crippen LogP contribution >= 0.6 is 11.3 Å². The van der Waals surface area contributed by atoms with Crippen LogP contribution < -0.4 is 5.73 Å². The van der Waals surface area contributed by atoms with E-state index in [0.717, 1.165) is 11.3 Å². The van der Waals surface area contributed by atoms with Crippen LogP contribution in [0.4, 0.5) is 0 Å². The van der Waals surface area contributed by atoms with E-state index in [9.17, 15) is 9.59 Å². The molecule has 2 amide bonds. The van der Waals surface area contributed by atoms with E-state index in [1.807, 2.05) is 24.4 Å². The van der Waals surface area contributed by atoms with Crippen molar-refractivity contribution in [2.24, 2.45) is 5.73 Å². The SMILES string of the molecule is CCCN(CC(=O)N(C)C)C(=O)C(N)c1cccs1. The molecule has 0 saturated carbocycles. The number of nitrogens with zero attached hydrogens (tertiary/aromatic N) is 2. The molecule has 1 aromatic heterocycles. The van der Waals surface area contributed by atoms with Crippen molar-refractivity contribution in [3.8, 4) is 0 Å². The average molecular weight is 283 g/mol. The summed E-state index contributed by atoms with van der Waals surface area (Å²) in [6.45, 7) is 2.59. The summed E-state index contributed by atoms with van der Waals surface area (Å²) in [4.78, 5) is 27.9. The van der Waals surface area contributed by atoms with Crippen LogP contribution in [0.3, 0.4) is 0 Å². The summed E-state index contributed by atoms with van der Waals surface area (Å²) in [7, 11) is 3.35. The van der Waals surface area contributed by atoms with Gasteiger partial charge >= 0.3 is 0 Å². The quantitative estimate of drug-likeness (QED) is 0.849. The summed E-state index contributed by atoms with van der Waals surface area (Å²) >= 11 is 1.45. The van der Waals surface area contributed by atoms with E-state index in [1.165, 1.54) is 21.1 Å². The van der Waals surface area contributed by atoms with Gasteiger partial charge in [0, 0.05) is 25.5 Å². The van der Waals surface area contributed by atoms with E-state index in [2.05, 4.69) is 0 Å². The highest BCUT2D eigenvalue weighted by atomic mass is 32.1. The Morgan fingerprint density at radius 1 is 1.42 bits per heavy atom. The van der Waals surface area contributed by atoms with Gasteiger partial charge in [-0.2, -0.15) is 0 Å². The Morgan fingerprint density at radius 3 is 2.58 bits per heavy atom. The largest absolute Gasteiger partial charge is 0.347 e. The number of likely N-dealkylation sites (N-methyl/N-ethyl adjacent to an activating group) is 1. The normalized spacial score (nSPS) is 12.0. The van der Waals surface area contributed by atoms with Crippen LogP contribution in [-0.4, -0.2) is 48.8 Å². The van der Waals surface area contributed by atoms with Gasteiger partial charge < -0.3 is 15.5 Å². The third-order valence-corrected chi connectivity index (χ3v) is 3.70. The second-order valence-corrected chi connectivity index (χ2v) is 5.52. The number of thiophene rings is 1. The Hall–Kier alpha value is -1.40. The first-order valence-electron chi connectivity index (χ1n) is 6.25. The summed E-state index contributed by atoms with van der Waals surface area (Å²) in [5.74, 6) is -0.292. The number of hydrogen-bond donors (Lipinski definition) is 1. The molecule has 0 aliphatic rings. The molecular weight excluding hydrogens is 262 g/mol. The molecule has 0 aromatic carbocycles. The van der Waals surface area contributed by atoms with E-state index in [1.54, 1.807) is 14.1 Å². The highest BCUT2D eigenvalue weighted by Crippen LogP contribution is 2.19. The minimum Gasteiger partial charge on any atom is -0.347 e. The van der Waals surface area contributed by atoms with Gasteiger partial charge in [0.15, 0.2) is 0 Å². The van der Waals surface area contributed by atoms with Gasteiger partial charge in [0.2, 0.25) is 11.8 Å². The van der Waals surface area contributed by atoms with E-state index in [4.69, 9.17) is 5.73 Å². The number of amides is 2. The summed E-state index contributed by atoms with van der Waals surface area (Å²) in [5.41, 5.74) is 5.96. The summed E-state index contributed by atoms with van der Waals surface area (Å²) in [6, 6.07) is 3.02. The van der Waals surface area contributed by atoms with Crippen molar-refractivity contribution in [2.75, 3.05) is 27.2 Å². The lowest BCUT2D eigenvalue weighted by atomic mass is 10.2. The Morgan fingerprint density at radius 2 is 2.11 bits per heavy atom. The molecule has 106 valence electrons. The maximum Gasteiger partial charge on any atom is 0.245 e. The second kappa shape index (κ2) is 7.25. The molecule has 19 heavy (non-hydrogen) atoms.